The second kappa shape index (κ2) is 3.55. The molecule has 5 heteroatoms. The van der Waals surface area contributed by atoms with Crippen LogP contribution in [0, 0.1) is 5.82 Å². The van der Waals surface area contributed by atoms with Crippen LogP contribution < -0.4 is 0 Å². The van der Waals surface area contributed by atoms with Crippen molar-refractivity contribution in [1.82, 2.24) is 4.98 Å². The Morgan fingerprint density at radius 1 is 1.53 bits per heavy atom. The molecule has 2 aromatic rings. The SMILES string of the molecule is O=C(O)Cc1c[nH]c2c(F)c(Cl)ccc12. The van der Waals surface area contributed by atoms with Gasteiger partial charge in [-0.3, -0.25) is 4.79 Å². The number of benzene rings is 1. The van der Waals surface area contributed by atoms with Gasteiger partial charge in [0.15, 0.2) is 5.82 Å². The molecule has 0 bridgehead atoms. The van der Waals surface area contributed by atoms with Crippen LogP contribution in [0.1, 0.15) is 5.56 Å². The molecule has 0 amide bonds. The number of carboxylic acid groups (broad SMARTS) is 1. The monoisotopic (exact) mass is 227 g/mol. The maximum absolute atomic E-state index is 13.4. The van der Waals surface area contributed by atoms with Gasteiger partial charge in [-0.2, -0.15) is 0 Å². The fourth-order valence-electron chi connectivity index (χ4n) is 1.51. The summed E-state index contributed by atoms with van der Waals surface area (Å²) in [6, 6.07) is 3.02. The Morgan fingerprint density at radius 2 is 2.27 bits per heavy atom. The first-order valence-electron chi connectivity index (χ1n) is 4.25. The number of halogens is 2. The topological polar surface area (TPSA) is 53.1 Å². The molecular formula is C10H7ClFNO2. The van der Waals surface area contributed by atoms with E-state index in [-0.39, 0.29) is 17.0 Å². The number of aromatic nitrogens is 1. The van der Waals surface area contributed by atoms with Crippen LogP contribution in [0.3, 0.4) is 0 Å². The normalized spacial score (nSPS) is 10.8. The molecule has 0 saturated heterocycles. The van der Waals surface area contributed by atoms with Gasteiger partial charge in [-0.1, -0.05) is 17.7 Å². The molecular weight excluding hydrogens is 221 g/mol. The van der Waals surface area contributed by atoms with E-state index in [1.165, 1.54) is 12.3 Å². The van der Waals surface area contributed by atoms with Crippen molar-refractivity contribution in [3.63, 3.8) is 0 Å². The number of H-pyrrole nitrogens is 1. The molecule has 0 radical (unpaired) electrons. The Labute approximate surface area is 89.5 Å². The molecule has 3 nitrogen and oxygen atoms in total. The number of hydrogen-bond donors (Lipinski definition) is 2. The molecule has 2 N–H and O–H groups in total. The summed E-state index contributed by atoms with van der Waals surface area (Å²) in [6.07, 6.45) is 1.35. The van der Waals surface area contributed by atoms with Crippen LogP contribution in [-0.2, 0) is 11.2 Å². The second-order valence-corrected chi connectivity index (χ2v) is 3.58. The molecule has 1 heterocycles. The fourth-order valence-corrected chi connectivity index (χ4v) is 1.66. The average molecular weight is 228 g/mol. The third-order valence-electron chi connectivity index (χ3n) is 2.17. The van der Waals surface area contributed by atoms with Gasteiger partial charge in [-0.05, 0) is 11.6 Å². The predicted octanol–water partition coefficient (Wildman–Crippen LogP) is 2.59. The molecule has 0 fully saturated rings. The number of carboxylic acids is 1. The number of hydrogen-bond acceptors (Lipinski definition) is 1. The van der Waals surface area contributed by atoms with Gasteiger partial charge in [-0.15, -0.1) is 0 Å². The first-order chi connectivity index (χ1) is 7.09. The Bertz CT molecular complexity index is 535. The van der Waals surface area contributed by atoms with Gasteiger partial charge < -0.3 is 10.1 Å². The zero-order valence-corrected chi connectivity index (χ0v) is 8.31. The van der Waals surface area contributed by atoms with Crippen molar-refractivity contribution >= 4 is 28.5 Å². The fraction of sp³-hybridized carbons (Fsp3) is 0.100. The molecule has 0 saturated carbocycles. The quantitative estimate of drug-likeness (QED) is 0.829. The zero-order chi connectivity index (χ0) is 11.0. The smallest absolute Gasteiger partial charge is 0.307 e. The zero-order valence-electron chi connectivity index (χ0n) is 7.55. The summed E-state index contributed by atoms with van der Waals surface area (Å²) < 4.78 is 13.4. The first-order valence-corrected chi connectivity index (χ1v) is 4.63. The summed E-state index contributed by atoms with van der Waals surface area (Å²) in [5.41, 5.74) is 0.798. The first kappa shape index (κ1) is 9.98. The summed E-state index contributed by atoms with van der Waals surface area (Å²) >= 11 is 5.59. The molecule has 78 valence electrons. The number of aromatic amines is 1. The number of aliphatic carboxylic acids is 1. The van der Waals surface area contributed by atoms with E-state index >= 15 is 0 Å². The highest BCUT2D eigenvalue weighted by atomic mass is 35.5. The van der Waals surface area contributed by atoms with E-state index in [4.69, 9.17) is 16.7 Å². The van der Waals surface area contributed by atoms with E-state index < -0.39 is 11.8 Å². The molecule has 0 spiro atoms. The van der Waals surface area contributed by atoms with Crippen LogP contribution in [-0.4, -0.2) is 16.1 Å². The lowest BCUT2D eigenvalue weighted by atomic mass is 10.1. The summed E-state index contributed by atoms with van der Waals surface area (Å²) in [6.45, 7) is 0. The molecule has 1 aromatic heterocycles. The van der Waals surface area contributed by atoms with E-state index in [0.717, 1.165) is 0 Å². The molecule has 0 atom stereocenters. The minimum atomic E-state index is -0.953. The molecule has 1 aromatic carbocycles. The lowest BCUT2D eigenvalue weighted by molar-refractivity contribution is -0.136. The number of rotatable bonds is 2. The molecule has 0 aliphatic heterocycles. The minimum Gasteiger partial charge on any atom is -0.481 e. The van der Waals surface area contributed by atoms with Crippen LogP contribution >= 0.6 is 11.6 Å². The molecule has 15 heavy (non-hydrogen) atoms. The molecule has 0 aliphatic carbocycles. The standard InChI is InChI=1S/C10H7ClFNO2/c11-7-2-1-6-5(3-8(14)15)4-13-10(6)9(7)12/h1-2,4,13H,3H2,(H,14,15). The lowest BCUT2D eigenvalue weighted by Crippen LogP contribution is -1.98. The van der Waals surface area contributed by atoms with Crippen molar-refractivity contribution in [2.75, 3.05) is 0 Å². The summed E-state index contributed by atoms with van der Waals surface area (Å²) in [7, 11) is 0. The van der Waals surface area contributed by atoms with Crippen LogP contribution in [0.4, 0.5) is 4.39 Å². The van der Waals surface area contributed by atoms with Crippen molar-refractivity contribution in [3.8, 4) is 0 Å². The van der Waals surface area contributed by atoms with Gasteiger partial charge in [0.25, 0.3) is 0 Å². The summed E-state index contributed by atoms with van der Waals surface area (Å²) in [5.74, 6) is -1.50. The Kier molecular flexibility index (Phi) is 2.36. The van der Waals surface area contributed by atoms with Gasteiger partial charge in [0, 0.05) is 11.6 Å². The highest BCUT2D eigenvalue weighted by Gasteiger charge is 2.12. The van der Waals surface area contributed by atoms with Crippen LogP contribution in [0.2, 0.25) is 5.02 Å². The van der Waals surface area contributed by atoms with Gasteiger partial charge in [-0.25, -0.2) is 4.39 Å². The number of nitrogens with one attached hydrogen (secondary N) is 1. The van der Waals surface area contributed by atoms with E-state index in [1.807, 2.05) is 0 Å². The summed E-state index contributed by atoms with van der Waals surface area (Å²) in [5, 5.41) is 9.21. The molecule has 2 rings (SSSR count). The number of fused-ring (bicyclic) bond motifs is 1. The van der Waals surface area contributed by atoms with Gasteiger partial charge >= 0.3 is 5.97 Å². The van der Waals surface area contributed by atoms with E-state index in [1.54, 1.807) is 6.07 Å². The van der Waals surface area contributed by atoms with E-state index in [2.05, 4.69) is 4.98 Å². The van der Waals surface area contributed by atoms with Gasteiger partial charge in [0.05, 0.1) is 17.0 Å². The third kappa shape index (κ3) is 1.68. The van der Waals surface area contributed by atoms with Crippen molar-refractivity contribution in [2.45, 2.75) is 6.42 Å². The Balaban J connectivity index is 2.61. The van der Waals surface area contributed by atoms with E-state index in [9.17, 15) is 9.18 Å². The highest BCUT2D eigenvalue weighted by molar-refractivity contribution is 6.31. The molecule has 0 aliphatic rings. The van der Waals surface area contributed by atoms with E-state index in [0.29, 0.717) is 10.9 Å². The maximum Gasteiger partial charge on any atom is 0.307 e. The number of carbonyl (C=O) groups is 1. The van der Waals surface area contributed by atoms with Gasteiger partial charge in [0.1, 0.15) is 0 Å². The Hall–Kier alpha value is -1.55. The highest BCUT2D eigenvalue weighted by Crippen LogP contribution is 2.26. The summed E-state index contributed by atoms with van der Waals surface area (Å²) in [4.78, 5) is 13.2. The predicted molar refractivity (Wildman–Crippen MR) is 54.6 cm³/mol. The molecule has 0 unspecified atom stereocenters. The lowest BCUT2D eigenvalue weighted by Gasteiger charge is -1.97. The minimum absolute atomic E-state index is 0.0197. The van der Waals surface area contributed by atoms with Crippen LogP contribution in [0.25, 0.3) is 10.9 Å². The van der Waals surface area contributed by atoms with Crippen molar-refractivity contribution < 1.29 is 14.3 Å². The Morgan fingerprint density at radius 3 is 2.93 bits per heavy atom. The maximum atomic E-state index is 13.4. The van der Waals surface area contributed by atoms with Crippen LogP contribution in [0.5, 0.6) is 0 Å². The van der Waals surface area contributed by atoms with Crippen molar-refractivity contribution in [3.05, 3.63) is 34.7 Å². The second-order valence-electron chi connectivity index (χ2n) is 3.17. The average Bonchev–Trinajstić information content (AvgIpc) is 2.55. The van der Waals surface area contributed by atoms with Gasteiger partial charge in [0.2, 0.25) is 0 Å². The van der Waals surface area contributed by atoms with Crippen molar-refractivity contribution in [1.29, 1.82) is 0 Å². The largest absolute Gasteiger partial charge is 0.481 e. The van der Waals surface area contributed by atoms with Crippen molar-refractivity contribution in [2.24, 2.45) is 0 Å². The van der Waals surface area contributed by atoms with Crippen LogP contribution in [0.15, 0.2) is 18.3 Å². The third-order valence-corrected chi connectivity index (χ3v) is 2.47.